The normalized spacial score (nSPS) is 18.1. The summed E-state index contributed by atoms with van der Waals surface area (Å²) >= 11 is 0. The molecule has 2 aromatic carbocycles. The number of nitrogens with zero attached hydrogens (tertiary/aromatic N) is 5. The Hall–Kier alpha value is -4.05. The first-order valence-corrected chi connectivity index (χ1v) is 12.6. The summed E-state index contributed by atoms with van der Waals surface area (Å²) in [5, 5.41) is 20.6. The number of primary amides is 1. The van der Waals surface area contributed by atoms with E-state index >= 15 is 0 Å². The van der Waals surface area contributed by atoms with Gasteiger partial charge in [-0.3, -0.25) is 9.48 Å². The lowest BCUT2D eigenvalue weighted by molar-refractivity contribution is 0.0995. The number of aromatic nitrogens is 5. The van der Waals surface area contributed by atoms with Gasteiger partial charge in [0.1, 0.15) is 5.52 Å². The predicted molar refractivity (Wildman–Crippen MR) is 146 cm³/mol. The van der Waals surface area contributed by atoms with Gasteiger partial charge in [-0.05, 0) is 51.3 Å². The van der Waals surface area contributed by atoms with Crippen LogP contribution < -0.4 is 22.1 Å². The van der Waals surface area contributed by atoms with Gasteiger partial charge in [0.2, 0.25) is 5.95 Å². The van der Waals surface area contributed by atoms with Gasteiger partial charge in [0.05, 0.1) is 5.54 Å². The highest BCUT2D eigenvalue weighted by molar-refractivity contribution is 5.99. The van der Waals surface area contributed by atoms with Crippen molar-refractivity contribution in [1.82, 2.24) is 25.0 Å². The monoisotopic (exact) mass is 499 g/mol. The first-order valence-electron chi connectivity index (χ1n) is 12.6. The molecule has 5 rings (SSSR count). The van der Waals surface area contributed by atoms with Gasteiger partial charge in [-0.25, -0.2) is 0 Å². The largest absolute Gasteiger partial charge is 0.364 e. The quantitative estimate of drug-likeness (QED) is 0.309. The number of anilines is 3. The summed E-state index contributed by atoms with van der Waals surface area (Å²) in [6.07, 6.45) is 6.11. The minimum absolute atomic E-state index is 0.0137. The number of carbonyl (C=O) groups excluding carboxylic acids is 1. The summed E-state index contributed by atoms with van der Waals surface area (Å²) in [6.45, 7) is 6.33. The van der Waals surface area contributed by atoms with Crippen LogP contribution in [0.3, 0.4) is 0 Å². The lowest BCUT2D eigenvalue weighted by atomic mass is 9.91. The maximum absolute atomic E-state index is 12.2. The maximum atomic E-state index is 12.2. The Morgan fingerprint density at radius 1 is 1.08 bits per heavy atom. The van der Waals surface area contributed by atoms with Crippen LogP contribution >= 0.6 is 0 Å². The van der Waals surface area contributed by atoms with Crippen LogP contribution in [0.4, 0.5) is 17.5 Å². The third-order valence-corrected chi connectivity index (χ3v) is 6.70. The van der Waals surface area contributed by atoms with E-state index in [-0.39, 0.29) is 29.1 Å². The highest BCUT2D eigenvalue weighted by atomic mass is 16.1. The summed E-state index contributed by atoms with van der Waals surface area (Å²) in [5.41, 5.74) is 15.3. The Labute approximate surface area is 215 Å². The van der Waals surface area contributed by atoms with Gasteiger partial charge in [0.15, 0.2) is 11.5 Å². The molecule has 2 heterocycles. The number of benzene rings is 2. The second kappa shape index (κ2) is 9.78. The van der Waals surface area contributed by atoms with Gasteiger partial charge in [-0.2, -0.15) is 10.1 Å². The van der Waals surface area contributed by atoms with Crippen LogP contribution in [0.1, 0.15) is 56.9 Å². The van der Waals surface area contributed by atoms with Crippen LogP contribution in [0.2, 0.25) is 0 Å². The molecule has 10 heteroatoms. The summed E-state index contributed by atoms with van der Waals surface area (Å²) in [7, 11) is 0. The minimum atomic E-state index is -0.715. The third-order valence-electron chi connectivity index (χ3n) is 6.70. The lowest BCUT2D eigenvalue weighted by Gasteiger charge is -2.29. The Morgan fingerprint density at radius 2 is 1.84 bits per heavy atom. The van der Waals surface area contributed by atoms with Crippen LogP contribution in [0.15, 0.2) is 48.7 Å². The first-order chi connectivity index (χ1) is 17.7. The number of amides is 1. The molecular weight excluding hydrogens is 466 g/mol. The third kappa shape index (κ3) is 5.24. The number of hydrogen-bond donors (Lipinski definition) is 4. The number of nitrogens with two attached hydrogens (primary N) is 2. The number of nitrogens with one attached hydrogen (secondary N) is 2. The van der Waals surface area contributed by atoms with Crippen molar-refractivity contribution in [3.8, 4) is 11.1 Å². The van der Waals surface area contributed by atoms with Crippen LogP contribution in [0.5, 0.6) is 0 Å². The average Bonchev–Trinajstić information content (AvgIpc) is 3.30. The van der Waals surface area contributed by atoms with Crippen molar-refractivity contribution in [3.05, 3.63) is 54.4 Å². The molecule has 0 spiro atoms. The molecule has 1 amide bonds. The molecule has 0 aliphatic heterocycles. The predicted octanol–water partition coefficient (Wildman–Crippen LogP) is 4.17. The number of carbonyl (C=O) groups is 1. The molecule has 10 nitrogen and oxygen atoms in total. The van der Waals surface area contributed by atoms with E-state index in [1.165, 1.54) is 0 Å². The van der Waals surface area contributed by atoms with Gasteiger partial charge in [0.25, 0.3) is 5.91 Å². The molecule has 1 fully saturated rings. The highest BCUT2D eigenvalue weighted by Gasteiger charge is 2.24. The Balaban J connectivity index is 1.56. The molecule has 0 unspecified atom stereocenters. The summed E-state index contributed by atoms with van der Waals surface area (Å²) in [4.78, 5) is 16.7. The topological polar surface area (TPSA) is 150 Å². The molecule has 0 bridgehead atoms. The van der Waals surface area contributed by atoms with E-state index in [1.807, 2.05) is 53.3 Å². The average molecular weight is 500 g/mol. The van der Waals surface area contributed by atoms with Gasteiger partial charge in [0, 0.05) is 34.9 Å². The summed E-state index contributed by atoms with van der Waals surface area (Å²) < 4.78 is 1.96. The van der Waals surface area contributed by atoms with E-state index < -0.39 is 5.91 Å². The molecule has 1 aliphatic carbocycles. The van der Waals surface area contributed by atoms with Crippen molar-refractivity contribution in [3.63, 3.8) is 0 Å². The van der Waals surface area contributed by atoms with Crippen LogP contribution in [0, 0.1) is 0 Å². The number of rotatable bonds is 6. The molecular formula is C27H33N9O. The highest BCUT2D eigenvalue weighted by Crippen LogP contribution is 2.34. The second-order valence-corrected chi connectivity index (χ2v) is 10.6. The minimum Gasteiger partial charge on any atom is -0.364 e. The number of hydrogen-bond acceptors (Lipinski definition) is 8. The van der Waals surface area contributed by atoms with Gasteiger partial charge < -0.3 is 22.1 Å². The zero-order chi connectivity index (χ0) is 26.2. The van der Waals surface area contributed by atoms with E-state index in [0.29, 0.717) is 5.95 Å². The molecule has 6 N–H and O–H groups in total. The molecule has 0 saturated heterocycles. The lowest BCUT2D eigenvalue weighted by Crippen LogP contribution is -2.43. The van der Waals surface area contributed by atoms with Gasteiger partial charge in [-0.1, -0.05) is 43.2 Å². The molecule has 4 aromatic rings. The standard InChI is InChI=1S/C27H33N9O/c1-27(2,3)36-15-17-13-18(14-19(22(17)35-36)16-9-5-4-6-10-16)30-25-23(24(29)37)33-34-26(32-25)31-21-12-8-7-11-20(21)28/h4-6,9-10,13-15,20-21H,7-8,11-12,28H2,1-3H3,(H2,29,37)(H2,30,31,32,34)/t20-,21+/m0/s1. The molecule has 2 aromatic heterocycles. The Bertz CT molecular complexity index is 1430. The van der Waals surface area contributed by atoms with Crippen LogP contribution in [-0.2, 0) is 5.54 Å². The zero-order valence-electron chi connectivity index (χ0n) is 21.4. The molecule has 1 saturated carbocycles. The fraction of sp³-hybridized carbons (Fsp3) is 0.370. The molecule has 0 radical (unpaired) electrons. The smallest absolute Gasteiger partial charge is 0.273 e. The fourth-order valence-corrected chi connectivity index (χ4v) is 4.67. The van der Waals surface area contributed by atoms with E-state index in [0.717, 1.165) is 53.4 Å². The van der Waals surface area contributed by atoms with Crippen LogP contribution in [0.25, 0.3) is 22.0 Å². The Morgan fingerprint density at radius 3 is 2.54 bits per heavy atom. The van der Waals surface area contributed by atoms with Crippen molar-refractivity contribution in [2.45, 2.75) is 64.1 Å². The van der Waals surface area contributed by atoms with E-state index in [4.69, 9.17) is 16.6 Å². The second-order valence-electron chi connectivity index (χ2n) is 10.6. The van der Waals surface area contributed by atoms with E-state index in [9.17, 15) is 4.79 Å². The van der Waals surface area contributed by atoms with Gasteiger partial charge >= 0.3 is 0 Å². The van der Waals surface area contributed by atoms with E-state index in [2.05, 4.69) is 46.6 Å². The van der Waals surface area contributed by atoms with Crippen molar-refractivity contribution in [2.24, 2.45) is 11.5 Å². The number of fused-ring (bicyclic) bond motifs is 1. The van der Waals surface area contributed by atoms with Gasteiger partial charge in [-0.15, -0.1) is 10.2 Å². The fourth-order valence-electron chi connectivity index (χ4n) is 4.67. The molecule has 192 valence electrons. The zero-order valence-corrected chi connectivity index (χ0v) is 21.4. The van der Waals surface area contributed by atoms with Crippen molar-refractivity contribution >= 4 is 34.3 Å². The molecule has 37 heavy (non-hydrogen) atoms. The Kier molecular flexibility index (Phi) is 6.51. The molecule has 2 atom stereocenters. The van der Waals surface area contributed by atoms with Crippen molar-refractivity contribution < 1.29 is 4.79 Å². The summed E-state index contributed by atoms with van der Waals surface area (Å²) in [5.74, 6) is -0.177. The van der Waals surface area contributed by atoms with Crippen molar-refractivity contribution in [1.29, 1.82) is 0 Å². The van der Waals surface area contributed by atoms with Crippen molar-refractivity contribution in [2.75, 3.05) is 10.6 Å². The maximum Gasteiger partial charge on any atom is 0.273 e. The SMILES string of the molecule is CC(C)(C)n1cc2cc(Nc3nc(N[C@@H]4CCCC[C@@H]4N)nnc3C(N)=O)cc(-c3ccccc3)c2n1. The molecule has 1 aliphatic rings. The van der Waals surface area contributed by atoms with E-state index in [1.54, 1.807) is 0 Å². The summed E-state index contributed by atoms with van der Waals surface area (Å²) in [6, 6.07) is 14.1. The first kappa shape index (κ1) is 24.6. The van der Waals surface area contributed by atoms with Crippen LogP contribution in [-0.4, -0.2) is 43.0 Å².